The number of nitrogens with zero attached hydrogens (tertiary/aromatic N) is 1. The smallest absolute Gasteiger partial charge is 0.480 e. The van der Waals surface area contributed by atoms with Gasteiger partial charge < -0.3 is 36.2 Å². The van der Waals surface area contributed by atoms with Crippen molar-refractivity contribution in [2.75, 3.05) is 13.2 Å². The molecule has 0 unspecified atom stereocenters. The summed E-state index contributed by atoms with van der Waals surface area (Å²) in [4.78, 5) is 74.1. The third-order valence-electron chi connectivity index (χ3n) is 8.05. The second-order valence-electron chi connectivity index (χ2n) is 11.8. The number of rotatable bonds is 15. The van der Waals surface area contributed by atoms with Crippen LogP contribution in [0.1, 0.15) is 68.3 Å². The van der Waals surface area contributed by atoms with Crippen LogP contribution < -0.4 is 16.4 Å². The number of hydrogen-bond acceptors (Lipinski definition) is 8. The quantitative estimate of drug-likeness (QED) is 0.135. The lowest BCUT2D eigenvalue weighted by Crippen LogP contribution is -2.63. The summed E-state index contributed by atoms with van der Waals surface area (Å²) >= 11 is 0. The van der Waals surface area contributed by atoms with Gasteiger partial charge >= 0.3 is 24.1 Å². The highest BCUT2D eigenvalue weighted by molar-refractivity contribution is 5.96. The van der Waals surface area contributed by atoms with Gasteiger partial charge in [-0.1, -0.05) is 55.5 Å². The van der Waals surface area contributed by atoms with Crippen LogP contribution in [-0.4, -0.2) is 93.7 Å². The molecule has 3 amide bonds. The first-order chi connectivity index (χ1) is 23.5. The van der Waals surface area contributed by atoms with Crippen molar-refractivity contribution in [3.8, 4) is 0 Å². The summed E-state index contributed by atoms with van der Waals surface area (Å²) in [6.07, 6.45) is -2.43. The molecule has 6 N–H and O–H groups in total. The fourth-order valence-corrected chi connectivity index (χ4v) is 4.94. The predicted molar refractivity (Wildman–Crippen MR) is 174 cm³/mol. The highest BCUT2D eigenvalue weighted by Crippen LogP contribution is 2.21. The van der Waals surface area contributed by atoms with E-state index in [-0.39, 0.29) is 19.4 Å². The zero-order valence-electron chi connectivity index (χ0n) is 27.8. The largest absolute Gasteiger partial charge is 0.490 e. The molecule has 0 radical (unpaired) electrons. The maximum Gasteiger partial charge on any atom is 0.490 e. The Morgan fingerprint density at radius 3 is 2.10 bits per heavy atom. The second kappa shape index (κ2) is 19.3. The molecule has 0 spiro atoms. The van der Waals surface area contributed by atoms with Crippen LogP contribution in [-0.2, 0) is 35.1 Å². The molecule has 1 aliphatic heterocycles. The minimum Gasteiger partial charge on any atom is -0.480 e. The number of carboxylic acids is 2. The number of carbonyl (C=O) groups is 6. The summed E-state index contributed by atoms with van der Waals surface area (Å²) in [5, 5.41) is 22.3. The monoisotopic (exact) mass is 708 g/mol. The summed E-state index contributed by atoms with van der Waals surface area (Å²) in [5.74, 6) is -5.81. The highest BCUT2D eigenvalue weighted by Gasteiger charge is 2.41. The number of halogens is 3. The molecule has 0 saturated carbocycles. The van der Waals surface area contributed by atoms with Crippen molar-refractivity contribution >= 4 is 35.6 Å². The van der Waals surface area contributed by atoms with Crippen molar-refractivity contribution < 1.29 is 56.9 Å². The van der Waals surface area contributed by atoms with Crippen molar-refractivity contribution in [3.05, 3.63) is 71.8 Å². The van der Waals surface area contributed by atoms with Gasteiger partial charge in [0, 0.05) is 13.0 Å². The third kappa shape index (κ3) is 12.8. The number of nitrogens with one attached hydrogen (secondary N) is 2. The van der Waals surface area contributed by atoms with E-state index in [1.165, 1.54) is 4.90 Å². The van der Waals surface area contributed by atoms with Crippen molar-refractivity contribution in [3.63, 3.8) is 0 Å². The Labute approximate surface area is 287 Å². The van der Waals surface area contributed by atoms with E-state index in [1.807, 2.05) is 36.4 Å². The van der Waals surface area contributed by atoms with E-state index in [1.54, 1.807) is 38.1 Å². The Bertz CT molecular complexity index is 1460. The van der Waals surface area contributed by atoms with Crippen molar-refractivity contribution in [1.29, 1.82) is 0 Å². The number of unbranched alkanes of at least 4 members (excludes halogenated alkanes) is 1. The molecule has 0 aliphatic carbocycles. The van der Waals surface area contributed by atoms with Crippen LogP contribution in [0.15, 0.2) is 60.7 Å². The number of likely N-dealkylation sites (tertiary alicyclic amines) is 1. The molecule has 13 nitrogen and oxygen atoms in total. The van der Waals surface area contributed by atoms with Crippen LogP contribution in [0, 0.1) is 0 Å². The van der Waals surface area contributed by atoms with Crippen LogP contribution in [0.25, 0.3) is 0 Å². The maximum atomic E-state index is 13.6. The van der Waals surface area contributed by atoms with Crippen LogP contribution in [0.3, 0.4) is 0 Å². The lowest BCUT2D eigenvalue weighted by molar-refractivity contribution is -0.192. The normalized spacial score (nSPS) is 16.4. The van der Waals surface area contributed by atoms with Crippen LogP contribution in [0.5, 0.6) is 0 Å². The van der Waals surface area contributed by atoms with Crippen LogP contribution in [0.4, 0.5) is 13.2 Å². The third-order valence-corrected chi connectivity index (χ3v) is 8.05. The first kappa shape index (κ1) is 41.2. The molecular formula is C34H43F3N4O9. The number of esters is 1. The van der Waals surface area contributed by atoms with Gasteiger partial charge in [0.1, 0.15) is 17.6 Å². The molecule has 0 aromatic heterocycles. The number of amides is 3. The molecular weight excluding hydrogens is 665 g/mol. The molecule has 274 valence electrons. The molecule has 16 heteroatoms. The molecule has 3 rings (SSSR count). The van der Waals surface area contributed by atoms with Crippen molar-refractivity contribution in [2.45, 2.75) is 88.6 Å². The first-order valence-electron chi connectivity index (χ1n) is 16.0. The maximum absolute atomic E-state index is 13.6. The average molecular weight is 709 g/mol. The van der Waals surface area contributed by atoms with Gasteiger partial charge in [0.25, 0.3) is 0 Å². The molecule has 1 heterocycles. The zero-order chi connectivity index (χ0) is 37.5. The summed E-state index contributed by atoms with van der Waals surface area (Å²) in [6, 6.07) is 14.9. The minimum absolute atomic E-state index is 0.163. The number of carboxylic acid groups (broad SMARTS) is 2. The molecule has 1 saturated heterocycles. The lowest BCUT2D eigenvalue weighted by Gasteiger charge is -2.33. The molecule has 2 aromatic rings. The van der Waals surface area contributed by atoms with E-state index in [0.29, 0.717) is 44.2 Å². The van der Waals surface area contributed by atoms with Crippen LogP contribution in [0.2, 0.25) is 0 Å². The molecule has 4 atom stereocenters. The van der Waals surface area contributed by atoms with Crippen LogP contribution >= 0.6 is 0 Å². The number of aliphatic carboxylic acids is 2. The summed E-state index contributed by atoms with van der Waals surface area (Å²) in [7, 11) is 0. The van der Waals surface area contributed by atoms with Crippen molar-refractivity contribution in [1.82, 2.24) is 15.5 Å². The fraction of sp³-hybridized carbons (Fsp3) is 0.471. The van der Waals surface area contributed by atoms with E-state index in [4.69, 9.17) is 20.4 Å². The van der Waals surface area contributed by atoms with Gasteiger partial charge in [0.05, 0.1) is 18.2 Å². The van der Waals surface area contributed by atoms with E-state index in [0.717, 1.165) is 5.56 Å². The fourth-order valence-electron chi connectivity index (χ4n) is 4.94. The molecule has 1 fully saturated rings. The highest BCUT2D eigenvalue weighted by atomic mass is 19.4. The van der Waals surface area contributed by atoms with Gasteiger partial charge in [-0.3, -0.25) is 14.4 Å². The summed E-state index contributed by atoms with van der Waals surface area (Å²) in [6.45, 7) is 3.78. The van der Waals surface area contributed by atoms with Gasteiger partial charge in [-0.25, -0.2) is 14.4 Å². The van der Waals surface area contributed by atoms with Gasteiger partial charge in [-0.15, -0.1) is 0 Å². The van der Waals surface area contributed by atoms with E-state index in [9.17, 15) is 42.3 Å². The number of ether oxygens (including phenoxy) is 1. The van der Waals surface area contributed by atoms with Crippen molar-refractivity contribution in [2.24, 2.45) is 5.73 Å². The van der Waals surface area contributed by atoms with Gasteiger partial charge in [0.15, 0.2) is 0 Å². The molecule has 0 bridgehead atoms. The lowest BCUT2D eigenvalue weighted by atomic mass is 9.95. The Morgan fingerprint density at radius 1 is 0.980 bits per heavy atom. The Morgan fingerprint density at radius 2 is 1.56 bits per heavy atom. The minimum atomic E-state index is -5.08. The number of nitrogens with two attached hydrogens (primary N) is 1. The average Bonchev–Trinajstić information content (AvgIpc) is 3.58. The van der Waals surface area contributed by atoms with Gasteiger partial charge in [0.2, 0.25) is 17.7 Å². The summed E-state index contributed by atoms with van der Waals surface area (Å²) in [5.41, 5.74) is 6.01. The Hall–Kier alpha value is -4.99. The number of hydrogen-bond donors (Lipinski definition) is 5. The topological polar surface area (TPSA) is 205 Å². The van der Waals surface area contributed by atoms with Gasteiger partial charge in [-0.05, 0) is 63.1 Å². The number of carbonyl (C=O) groups excluding carboxylic acids is 4. The Kier molecular flexibility index (Phi) is 15.9. The zero-order valence-corrected chi connectivity index (χ0v) is 27.8. The molecule has 2 aromatic carbocycles. The van der Waals surface area contributed by atoms with E-state index >= 15 is 0 Å². The summed E-state index contributed by atoms with van der Waals surface area (Å²) < 4.78 is 37.0. The molecule has 50 heavy (non-hydrogen) atoms. The Balaban J connectivity index is 0.00000112. The number of alkyl halides is 3. The van der Waals surface area contributed by atoms with E-state index < -0.39 is 65.5 Å². The van der Waals surface area contributed by atoms with Gasteiger partial charge in [-0.2, -0.15) is 13.2 Å². The SMILES string of the molecule is CC[C@](C)(NC(=O)[C@@H](N)CCCCOC(=O)c1ccccc1)C(=O)N[C@@H](Cc1ccccc1)C(=O)N1CCC[C@@H]1C(=O)O.O=C(O)C(F)(F)F. The standard InChI is InChI=1S/C32H42N4O7.C2HF3O2/c1-3-32(2,35-27(37)24(33)17-10-11-20-43-30(41)23-15-8-5-9-16-23)31(42)34-25(21-22-13-6-4-7-14-22)28(38)36-19-12-18-26(36)29(39)40;3-2(4,5)1(6)7/h4-9,13-16,24-26H,3,10-12,17-21,33H2,1-2H3,(H,34,42)(H,35,37)(H,39,40);(H,6,7)/t24-,25-,26+,32-;/m0./s1. The first-order valence-corrected chi connectivity index (χ1v) is 16.0. The van der Waals surface area contributed by atoms with E-state index in [2.05, 4.69) is 10.6 Å². The number of benzene rings is 2. The second-order valence-corrected chi connectivity index (χ2v) is 11.8. The predicted octanol–water partition coefficient (Wildman–Crippen LogP) is 3.06. The molecule has 1 aliphatic rings.